The highest BCUT2D eigenvalue weighted by Gasteiger charge is 2.23. The molecule has 2 aliphatic heterocycles. The second-order valence-corrected chi connectivity index (χ2v) is 9.60. The van der Waals surface area contributed by atoms with E-state index in [0.717, 1.165) is 22.6 Å². The van der Waals surface area contributed by atoms with Gasteiger partial charge < -0.3 is 23.8 Å². The molecule has 2 aliphatic rings. The maximum absolute atomic E-state index is 15.4. The van der Waals surface area contributed by atoms with Crippen LogP contribution in [-0.2, 0) is 11.3 Å². The molecule has 0 radical (unpaired) electrons. The monoisotopic (exact) mass is 550 g/mol. The van der Waals surface area contributed by atoms with Crippen LogP contribution >= 0.6 is 0 Å². The minimum atomic E-state index is -0.467. The van der Waals surface area contributed by atoms with E-state index in [1.165, 1.54) is 0 Å². The SMILES string of the molecule is CCOC(=O)c1ccc(-c2cc3c(Oc4ccc5[nH]c(C)cc5c4F)ncn(Cc4ccc(OC)cc4)c-3n2)cc1. The van der Waals surface area contributed by atoms with Crippen molar-refractivity contribution in [2.24, 2.45) is 0 Å². The first-order valence-electron chi connectivity index (χ1n) is 13.2. The van der Waals surface area contributed by atoms with Gasteiger partial charge in [-0.1, -0.05) is 24.3 Å². The number of fused-ring (bicyclic) bond motifs is 2. The number of hydrogen-bond acceptors (Lipinski definition) is 6. The number of hydrogen-bond donors (Lipinski definition) is 1. The number of aryl methyl sites for hydroxylation is 1. The highest BCUT2D eigenvalue weighted by atomic mass is 19.1. The number of carbonyl (C=O) groups excluding carboxylic acids is 1. The van der Waals surface area contributed by atoms with Gasteiger partial charge in [-0.05, 0) is 67.9 Å². The van der Waals surface area contributed by atoms with Gasteiger partial charge in [0.25, 0.3) is 0 Å². The fourth-order valence-corrected chi connectivity index (χ4v) is 4.77. The summed E-state index contributed by atoms with van der Waals surface area (Å²) in [4.78, 5) is 24.7. The molecule has 41 heavy (non-hydrogen) atoms. The van der Waals surface area contributed by atoms with Crippen molar-refractivity contribution in [2.45, 2.75) is 20.4 Å². The number of ether oxygens (including phenoxy) is 3. The van der Waals surface area contributed by atoms with E-state index in [-0.39, 0.29) is 17.6 Å². The topological polar surface area (TPSA) is 91.3 Å². The van der Waals surface area contributed by atoms with E-state index in [1.807, 2.05) is 54.0 Å². The van der Waals surface area contributed by atoms with E-state index >= 15 is 4.39 Å². The van der Waals surface area contributed by atoms with Crippen molar-refractivity contribution in [3.63, 3.8) is 0 Å². The summed E-state index contributed by atoms with van der Waals surface area (Å²) in [6.45, 7) is 4.44. The number of esters is 1. The van der Waals surface area contributed by atoms with E-state index in [9.17, 15) is 4.79 Å². The number of halogens is 1. The molecule has 0 bridgehead atoms. The van der Waals surface area contributed by atoms with Gasteiger partial charge in [-0.2, -0.15) is 0 Å². The third kappa shape index (κ3) is 5.09. The molecule has 4 aromatic rings. The first kappa shape index (κ1) is 26.1. The first-order valence-corrected chi connectivity index (χ1v) is 13.2. The standard InChI is InChI=1S/C32H27FN4O4/c1-4-40-32(38)22-9-7-21(8-10-22)27-16-25-30(36-27)37(17-20-5-11-23(39-3)12-6-20)18-34-31(25)41-28-14-13-26-24(29(28)33)15-19(2)35-26/h5-16,18,35H,4,17H2,1-3H3. The highest BCUT2D eigenvalue weighted by molar-refractivity contribution is 5.90. The van der Waals surface area contributed by atoms with Crippen LogP contribution in [0.25, 0.3) is 33.5 Å². The van der Waals surface area contributed by atoms with Crippen LogP contribution in [0.1, 0.15) is 28.5 Å². The molecule has 9 heteroatoms. The molecule has 0 fully saturated rings. The smallest absolute Gasteiger partial charge is 0.338 e. The molecule has 0 aliphatic carbocycles. The van der Waals surface area contributed by atoms with Crippen molar-refractivity contribution in [1.82, 2.24) is 19.5 Å². The molecule has 1 aromatic heterocycles. The Morgan fingerprint density at radius 1 is 1.02 bits per heavy atom. The summed E-state index contributed by atoms with van der Waals surface area (Å²) in [5.41, 5.74) is 5.11. The summed E-state index contributed by atoms with van der Waals surface area (Å²) in [6.07, 6.45) is 1.64. The van der Waals surface area contributed by atoms with Crippen molar-refractivity contribution in [1.29, 1.82) is 0 Å². The lowest BCUT2D eigenvalue weighted by Gasteiger charge is -2.15. The van der Waals surface area contributed by atoms with E-state index in [0.29, 0.717) is 46.7 Å². The third-order valence-electron chi connectivity index (χ3n) is 6.81. The second kappa shape index (κ2) is 10.8. The van der Waals surface area contributed by atoms with Crippen molar-refractivity contribution < 1.29 is 23.4 Å². The van der Waals surface area contributed by atoms with Crippen LogP contribution in [0.15, 0.2) is 79.1 Å². The zero-order valence-corrected chi connectivity index (χ0v) is 22.8. The number of nitrogens with zero attached hydrogens (tertiary/aromatic N) is 3. The Bertz CT molecular complexity index is 1820. The van der Waals surface area contributed by atoms with Gasteiger partial charge in [0.1, 0.15) is 17.9 Å². The molecular weight excluding hydrogens is 523 g/mol. The maximum Gasteiger partial charge on any atom is 0.338 e. The predicted molar refractivity (Wildman–Crippen MR) is 153 cm³/mol. The Labute approximate surface area is 235 Å². The minimum Gasteiger partial charge on any atom is -0.497 e. The zero-order chi connectivity index (χ0) is 28.5. The Morgan fingerprint density at radius 2 is 1.80 bits per heavy atom. The number of methoxy groups -OCH3 is 1. The number of aromatic nitrogens is 4. The zero-order valence-electron chi connectivity index (χ0n) is 22.8. The van der Waals surface area contributed by atoms with Gasteiger partial charge >= 0.3 is 5.97 Å². The Kier molecular flexibility index (Phi) is 6.84. The summed E-state index contributed by atoms with van der Waals surface area (Å²) >= 11 is 0. The number of rotatable bonds is 8. The summed E-state index contributed by atoms with van der Waals surface area (Å²) in [5.74, 6) is 0.842. The number of nitrogens with one attached hydrogen (secondary N) is 1. The van der Waals surface area contributed by atoms with Gasteiger partial charge in [0.15, 0.2) is 11.6 Å². The number of aromatic amines is 1. The number of H-pyrrole nitrogens is 1. The molecule has 0 atom stereocenters. The number of carbonyl (C=O) groups is 1. The van der Waals surface area contributed by atoms with Crippen LogP contribution in [0.4, 0.5) is 4.39 Å². The van der Waals surface area contributed by atoms with Crippen LogP contribution in [0.5, 0.6) is 17.4 Å². The third-order valence-corrected chi connectivity index (χ3v) is 6.81. The lowest BCUT2D eigenvalue weighted by molar-refractivity contribution is 0.0526. The van der Waals surface area contributed by atoms with E-state index in [4.69, 9.17) is 19.2 Å². The minimum absolute atomic E-state index is 0.0692. The molecule has 1 N–H and O–H groups in total. The second-order valence-electron chi connectivity index (χ2n) is 9.60. The van der Waals surface area contributed by atoms with E-state index in [2.05, 4.69) is 9.97 Å². The normalized spacial score (nSPS) is 11.2. The molecule has 3 aromatic carbocycles. The van der Waals surface area contributed by atoms with Crippen LogP contribution in [0.2, 0.25) is 0 Å². The molecule has 0 spiro atoms. The fourth-order valence-electron chi connectivity index (χ4n) is 4.77. The lowest BCUT2D eigenvalue weighted by Crippen LogP contribution is -2.08. The van der Waals surface area contributed by atoms with Crippen molar-refractivity contribution in [3.05, 3.63) is 102 Å². The van der Waals surface area contributed by atoms with Crippen LogP contribution in [0.3, 0.4) is 0 Å². The van der Waals surface area contributed by atoms with Gasteiger partial charge in [0.05, 0.1) is 37.1 Å². The van der Waals surface area contributed by atoms with Crippen LogP contribution in [0, 0.1) is 12.7 Å². The molecule has 0 saturated heterocycles. The Hall–Kier alpha value is -5.18. The first-order chi connectivity index (χ1) is 19.9. The largest absolute Gasteiger partial charge is 0.497 e. The van der Waals surface area contributed by atoms with Gasteiger partial charge in [0, 0.05) is 22.2 Å². The average molecular weight is 551 g/mol. The Balaban J connectivity index is 1.41. The van der Waals surface area contributed by atoms with Crippen molar-refractivity contribution in [3.8, 4) is 40.0 Å². The van der Waals surface area contributed by atoms with Gasteiger partial charge in [-0.15, -0.1) is 0 Å². The Morgan fingerprint density at radius 3 is 2.54 bits per heavy atom. The quantitative estimate of drug-likeness (QED) is 0.205. The fraction of sp³-hybridized carbons (Fsp3) is 0.156. The number of benzene rings is 3. The van der Waals surface area contributed by atoms with Crippen LogP contribution in [-0.4, -0.2) is 39.2 Å². The van der Waals surface area contributed by atoms with E-state index < -0.39 is 5.82 Å². The van der Waals surface area contributed by atoms with Crippen molar-refractivity contribution >= 4 is 16.9 Å². The molecule has 8 nitrogen and oxygen atoms in total. The highest BCUT2D eigenvalue weighted by Crippen LogP contribution is 2.38. The molecular formula is C32H27FN4O4. The summed E-state index contributed by atoms with van der Waals surface area (Å²) in [6, 6.07) is 21.8. The molecule has 3 heterocycles. The van der Waals surface area contributed by atoms with Gasteiger partial charge in [-0.25, -0.2) is 19.2 Å². The molecule has 0 saturated carbocycles. The molecule has 206 valence electrons. The van der Waals surface area contributed by atoms with Gasteiger partial charge in [-0.3, -0.25) is 0 Å². The van der Waals surface area contributed by atoms with Gasteiger partial charge in [0.2, 0.25) is 5.88 Å². The van der Waals surface area contributed by atoms with Crippen LogP contribution < -0.4 is 9.47 Å². The molecule has 0 unspecified atom stereocenters. The lowest BCUT2D eigenvalue weighted by atomic mass is 10.1. The summed E-state index contributed by atoms with van der Waals surface area (Å²) < 4.78 is 33.7. The average Bonchev–Trinajstić information content (AvgIpc) is 3.61. The summed E-state index contributed by atoms with van der Waals surface area (Å²) in [5, 5.41) is 0.449. The van der Waals surface area contributed by atoms with E-state index in [1.54, 1.807) is 50.7 Å². The molecule has 6 rings (SSSR count). The predicted octanol–water partition coefficient (Wildman–Crippen LogP) is 7.00. The maximum atomic E-state index is 15.4. The summed E-state index contributed by atoms with van der Waals surface area (Å²) in [7, 11) is 1.63. The molecule has 0 amide bonds. The van der Waals surface area contributed by atoms with Crippen molar-refractivity contribution in [2.75, 3.05) is 13.7 Å².